The predicted octanol–water partition coefficient (Wildman–Crippen LogP) is 5.72. The Kier molecular flexibility index (Phi) is 6.50. The van der Waals surface area contributed by atoms with Crippen LogP contribution in [0.3, 0.4) is 0 Å². The first-order valence-electron chi connectivity index (χ1n) is 10.5. The molecule has 4 aromatic rings. The third-order valence-corrected chi connectivity index (χ3v) is 7.61. The van der Waals surface area contributed by atoms with Crippen LogP contribution in [0.4, 0.5) is 10.8 Å². The third-order valence-electron chi connectivity index (χ3n) is 5.46. The number of fused-ring (bicyclic) bond motifs is 2. The maximum atomic E-state index is 13.6. The first kappa shape index (κ1) is 22.3. The number of aromatic nitrogens is 1. The number of aryl methyl sites for hydroxylation is 1. The number of thiophene rings is 1. The van der Waals surface area contributed by atoms with E-state index in [9.17, 15) is 14.9 Å². The average Bonchev–Trinajstić information content (AvgIpc) is 3.39. The molecule has 0 bridgehead atoms. The number of likely N-dealkylation sites (N-methyl/N-ethyl adjacent to an activating group) is 1. The summed E-state index contributed by atoms with van der Waals surface area (Å²) in [5, 5.41) is 12.5. The highest BCUT2D eigenvalue weighted by Crippen LogP contribution is 2.33. The summed E-state index contributed by atoms with van der Waals surface area (Å²) in [5.74, 6) is -0.128. The Hall–Kier alpha value is -2.88. The fourth-order valence-corrected chi connectivity index (χ4v) is 5.66. The number of hydrogen-bond acceptors (Lipinski definition) is 7. The van der Waals surface area contributed by atoms with E-state index in [1.807, 2.05) is 19.1 Å². The molecular formula is C23H24N4O3S2. The Balaban J connectivity index is 1.71. The zero-order valence-corrected chi connectivity index (χ0v) is 19.8. The average molecular weight is 469 g/mol. The van der Waals surface area contributed by atoms with Crippen LogP contribution in [0.25, 0.3) is 20.3 Å². The second kappa shape index (κ2) is 9.32. The molecule has 0 saturated carbocycles. The van der Waals surface area contributed by atoms with Crippen LogP contribution in [0.1, 0.15) is 29.1 Å². The lowest BCUT2D eigenvalue weighted by Gasteiger charge is -2.24. The van der Waals surface area contributed by atoms with Crippen molar-refractivity contribution in [2.45, 2.75) is 20.8 Å². The lowest BCUT2D eigenvalue weighted by atomic mass is 10.2. The second-order valence-electron chi connectivity index (χ2n) is 7.54. The number of carbonyl (C=O) groups is 1. The Labute approximate surface area is 194 Å². The summed E-state index contributed by atoms with van der Waals surface area (Å²) in [4.78, 5) is 33.6. The first-order chi connectivity index (χ1) is 15.4. The maximum absolute atomic E-state index is 13.6. The molecule has 166 valence electrons. The Morgan fingerprint density at radius 1 is 1.03 bits per heavy atom. The number of benzene rings is 2. The van der Waals surface area contributed by atoms with Crippen molar-refractivity contribution in [3.63, 3.8) is 0 Å². The molecule has 0 aliphatic rings. The molecule has 1 amide bonds. The van der Waals surface area contributed by atoms with Gasteiger partial charge in [-0.3, -0.25) is 19.8 Å². The van der Waals surface area contributed by atoms with E-state index in [0.717, 1.165) is 40.1 Å². The molecule has 4 rings (SSSR count). The SMILES string of the molecule is CCN(CC)CCN(C(=O)c1cc2cc([N+](=O)[O-])ccc2s1)c1nc2ccc(C)cc2s1. The molecule has 32 heavy (non-hydrogen) atoms. The Bertz CT molecular complexity index is 1290. The van der Waals surface area contributed by atoms with Crippen LogP contribution in [-0.4, -0.2) is 46.9 Å². The highest BCUT2D eigenvalue weighted by atomic mass is 32.1. The van der Waals surface area contributed by atoms with E-state index in [1.165, 1.54) is 34.8 Å². The summed E-state index contributed by atoms with van der Waals surface area (Å²) in [6, 6.07) is 12.5. The van der Waals surface area contributed by atoms with Gasteiger partial charge in [0.25, 0.3) is 11.6 Å². The van der Waals surface area contributed by atoms with E-state index < -0.39 is 4.92 Å². The minimum absolute atomic E-state index is 0.0224. The minimum Gasteiger partial charge on any atom is -0.302 e. The number of nitrogens with zero attached hydrogens (tertiary/aromatic N) is 4. The van der Waals surface area contributed by atoms with Crippen molar-refractivity contribution in [2.24, 2.45) is 0 Å². The van der Waals surface area contributed by atoms with Crippen molar-refractivity contribution in [2.75, 3.05) is 31.1 Å². The van der Waals surface area contributed by atoms with Gasteiger partial charge in [0.15, 0.2) is 5.13 Å². The van der Waals surface area contributed by atoms with E-state index in [0.29, 0.717) is 21.9 Å². The summed E-state index contributed by atoms with van der Waals surface area (Å²) in [7, 11) is 0. The van der Waals surface area contributed by atoms with Crippen molar-refractivity contribution >= 4 is 59.7 Å². The van der Waals surface area contributed by atoms with Gasteiger partial charge in [-0.05, 0) is 49.8 Å². The Morgan fingerprint density at radius 2 is 1.81 bits per heavy atom. The van der Waals surface area contributed by atoms with Crippen molar-refractivity contribution in [1.82, 2.24) is 9.88 Å². The highest BCUT2D eigenvalue weighted by Gasteiger charge is 2.24. The molecule has 0 atom stereocenters. The minimum atomic E-state index is -0.419. The quantitative estimate of drug-likeness (QED) is 0.244. The van der Waals surface area contributed by atoms with Gasteiger partial charge < -0.3 is 4.90 Å². The van der Waals surface area contributed by atoms with Gasteiger partial charge in [0, 0.05) is 35.3 Å². The summed E-state index contributed by atoms with van der Waals surface area (Å²) >= 11 is 2.87. The molecule has 0 saturated heterocycles. The van der Waals surface area contributed by atoms with Crippen molar-refractivity contribution in [3.05, 3.63) is 63.0 Å². The van der Waals surface area contributed by atoms with E-state index in [1.54, 1.807) is 17.0 Å². The summed E-state index contributed by atoms with van der Waals surface area (Å²) < 4.78 is 1.90. The standard InChI is InChI=1S/C23H24N4O3S2/c1-4-25(5-2)10-11-26(23-24-18-8-6-15(3)12-20(18)32-23)22(28)21-14-16-13-17(27(29)30)7-9-19(16)31-21/h6-9,12-14H,4-5,10-11H2,1-3H3. The number of carbonyl (C=O) groups excluding carboxylic acids is 1. The molecule has 0 spiro atoms. The van der Waals surface area contributed by atoms with Crippen LogP contribution >= 0.6 is 22.7 Å². The number of amides is 1. The van der Waals surface area contributed by atoms with Gasteiger partial charge in [0.1, 0.15) is 0 Å². The fraction of sp³-hybridized carbons (Fsp3) is 0.304. The van der Waals surface area contributed by atoms with Crippen molar-refractivity contribution in [3.8, 4) is 0 Å². The molecule has 2 aromatic heterocycles. The molecule has 9 heteroatoms. The van der Waals surface area contributed by atoms with Crippen LogP contribution < -0.4 is 4.90 Å². The summed E-state index contributed by atoms with van der Waals surface area (Å²) in [6.45, 7) is 9.33. The number of thiazole rings is 1. The van der Waals surface area contributed by atoms with Crippen molar-refractivity contribution < 1.29 is 9.72 Å². The van der Waals surface area contributed by atoms with Gasteiger partial charge >= 0.3 is 0 Å². The number of hydrogen-bond donors (Lipinski definition) is 0. The third kappa shape index (κ3) is 4.50. The highest BCUT2D eigenvalue weighted by molar-refractivity contribution is 7.23. The number of rotatable bonds is 8. The van der Waals surface area contributed by atoms with Gasteiger partial charge in [0.05, 0.1) is 20.0 Å². The molecule has 0 radical (unpaired) electrons. The lowest BCUT2D eigenvalue weighted by Crippen LogP contribution is -2.38. The molecular weight excluding hydrogens is 444 g/mol. The summed E-state index contributed by atoms with van der Waals surface area (Å²) in [5.41, 5.74) is 2.05. The monoisotopic (exact) mass is 468 g/mol. The molecule has 7 nitrogen and oxygen atoms in total. The second-order valence-corrected chi connectivity index (χ2v) is 9.63. The normalized spacial score (nSPS) is 11.5. The van der Waals surface area contributed by atoms with E-state index in [2.05, 4.69) is 24.8 Å². The van der Waals surface area contributed by atoms with Crippen LogP contribution in [-0.2, 0) is 0 Å². The van der Waals surface area contributed by atoms with Gasteiger partial charge in [0.2, 0.25) is 0 Å². The van der Waals surface area contributed by atoms with Crippen LogP contribution in [0, 0.1) is 17.0 Å². The zero-order valence-electron chi connectivity index (χ0n) is 18.2. The summed E-state index contributed by atoms with van der Waals surface area (Å²) in [6.07, 6.45) is 0. The molecule has 0 aliphatic heterocycles. The smallest absolute Gasteiger partial charge is 0.270 e. The van der Waals surface area contributed by atoms with Crippen molar-refractivity contribution in [1.29, 1.82) is 0 Å². The van der Waals surface area contributed by atoms with Crippen LogP contribution in [0.2, 0.25) is 0 Å². The predicted molar refractivity (Wildman–Crippen MR) is 132 cm³/mol. The number of nitro benzene ring substituents is 1. The molecule has 0 unspecified atom stereocenters. The topological polar surface area (TPSA) is 79.6 Å². The number of anilines is 1. The molecule has 0 fully saturated rings. The molecule has 0 aliphatic carbocycles. The van der Waals surface area contributed by atoms with Gasteiger partial charge in [-0.25, -0.2) is 4.98 Å². The first-order valence-corrected chi connectivity index (χ1v) is 12.1. The molecule has 2 heterocycles. The van der Waals surface area contributed by atoms with Gasteiger partial charge in [-0.15, -0.1) is 11.3 Å². The zero-order chi connectivity index (χ0) is 22.8. The van der Waals surface area contributed by atoms with Gasteiger partial charge in [-0.2, -0.15) is 0 Å². The molecule has 0 N–H and O–H groups in total. The molecule has 2 aromatic carbocycles. The van der Waals surface area contributed by atoms with Crippen LogP contribution in [0.5, 0.6) is 0 Å². The number of non-ortho nitro benzene ring substituents is 1. The number of nitro groups is 1. The van der Waals surface area contributed by atoms with E-state index in [-0.39, 0.29) is 11.6 Å². The van der Waals surface area contributed by atoms with E-state index in [4.69, 9.17) is 4.98 Å². The van der Waals surface area contributed by atoms with Gasteiger partial charge in [-0.1, -0.05) is 31.3 Å². The van der Waals surface area contributed by atoms with Crippen LogP contribution in [0.15, 0.2) is 42.5 Å². The fourth-order valence-electron chi connectivity index (χ4n) is 3.58. The largest absolute Gasteiger partial charge is 0.302 e. The maximum Gasteiger partial charge on any atom is 0.270 e. The Morgan fingerprint density at radius 3 is 2.53 bits per heavy atom. The lowest BCUT2D eigenvalue weighted by molar-refractivity contribution is -0.384. The van der Waals surface area contributed by atoms with E-state index >= 15 is 0 Å².